The Morgan fingerprint density at radius 3 is 2.47 bits per heavy atom. The van der Waals surface area contributed by atoms with Crippen LogP contribution >= 0.6 is 0 Å². The molecule has 0 bridgehead atoms. The summed E-state index contributed by atoms with van der Waals surface area (Å²) in [7, 11) is 0. The van der Waals surface area contributed by atoms with Gasteiger partial charge in [-0.1, -0.05) is 20.8 Å². The van der Waals surface area contributed by atoms with Crippen LogP contribution in [-0.2, 0) is 14.4 Å². The summed E-state index contributed by atoms with van der Waals surface area (Å²) < 4.78 is 0. The quantitative estimate of drug-likeness (QED) is 0.808. The average Bonchev–Trinajstić information content (AvgIpc) is 2.59. The number of hydrogen-bond acceptors (Lipinski definition) is 3. The zero-order valence-corrected chi connectivity index (χ0v) is 10.8. The number of amides is 1. The van der Waals surface area contributed by atoms with Crippen LogP contribution in [0.25, 0.3) is 0 Å². The molecule has 1 unspecified atom stereocenters. The van der Waals surface area contributed by atoms with E-state index in [0.717, 1.165) is 12.8 Å². The molecule has 0 radical (unpaired) electrons. The van der Waals surface area contributed by atoms with Gasteiger partial charge < -0.3 is 5.32 Å². The second-order valence-electron chi connectivity index (χ2n) is 5.71. The Labute approximate surface area is 102 Å². The summed E-state index contributed by atoms with van der Waals surface area (Å²) in [5.41, 5.74) is -0.434. The summed E-state index contributed by atoms with van der Waals surface area (Å²) in [5, 5.41) is 2.60. The maximum Gasteiger partial charge on any atom is 0.221 e. The van der Waals surface area contributed by atoms with Gasteiger partial charge in [-0.05, 0) is 12.8 Å². The fraction of sp³-hybridized carbons (Fsp3) is 0.769. The highest BCUT2D eigenvalue weighted by atomic mass is 16.2. The lowest BCUT2D eigenvalue weighted by Crippen LogP contribution is -2.36. The molecule has 4 nitrogen and oxygen atoms in total. The van der Waals surface area contributed by atoms with Gasteiger partial charge in [0.15, 0.2) is 5.78 Å². The maximum absolute atomic E-state index is 11.6. The van der Waals surface area contributed by atoms with Crippen LogP contribution in [-0.4, -0.2) is 24.0 Å². The summed E-state index contributed by atoms with van der Waals surface area (Å²) in [6.07, 6.45) is 2.52. The zero-order valence-electron chi connectivity index (χ0n) is 10.8. The van der Waals surface area contributed by atoms with Gasteiger partial charge in [-0.2, -0.15) is 0 Å². The topological polar surface area (TPSA) is 63.2 Å². The van der Waals surface area contributed by atoms with E-state index in [-0.39, 0.29) is 36.4 Å². The molecular weight excluding hydrogens is 218 g/mol. The van der Waals surface area contributed by atoms with Crippen molar-refractivity contribution in [2.45, 2.75) is 46.5 Å². The third-order valence-electron chi connectivity index (χ3n) is 3.15. The number of carbonyl (C=O) groups excluding carboxylic acids is 3. The molecule has 1 amide bonds. The van der Waals surface area contributed by atoms with Crippen molar-refractivity contribution < 1.29 is 14.4 Å². The Balaban J connectivity index is 2.31. The van der Waals surface area contributed by atoms with Gasteiger partial charge >= 0.3 is 0 Å². The first-order valence-electron chi connectivity index (χ1n) is 6.13. The van der Waals surface area contributed by atoms with Gasteiger partial charge in [-0.15, -0.1) is 0 Å². The highest BCUT2D eigenvalue weighted by molar-refractivity contribution is 5.91. The van der Waals surface area contributed by atoms with Crippen LogP contribution in [0.1, 0.15) is 46.5 Å². The molecule has 17 heavy (non-hydrogen) atoms. The lowest BCUT2D eigenvalue weighted by atomic mass is 9.91. The molecule has 0 aromatic heterocycles. The fourth-order valence-electron chi connectivity index (χ4n) is 1.84. The van der Waals surface area contributed by atoms with Crippen molar-refractivity contribution in [3.8, 4) is 0 Å². The summed E-state index contributed by atoms with van der Waals surface area (Å²) in [4.78, 5) is 34.5. The number of nitrogens with one attached hydrogen (secondary N) is 1. The van der Waals surface area contributed by atoms with Gasteiger partial charge in [0.25, 0.3) is 0 Å². The highest BCUT2D eigenvalue weighted by Crippen LogP contribution is 2.24. The number of Topliss-reactive ketones (excluding diaryl/α,β-unsaturated/α-hetero) is 2. The number of ketones is 2. The van der Waals surface area contributed by atoms with E-state index in [1.807, 2.05) is 20.8 Å². The number of carbonyl (C=O) groups is 3. The molecule has 1 aliphatic rings. The van der Waals surface area contributed by atoms with Crippen LogP contribution in [0.4, 0.5) is 0 Å². The predicted molar refractivity (Wildman–Crippen MR) is 64.4 cm³/mol. The highest BCUT2D eigenvalue weighted by Gasteiger charge is 2.27. The molecule has 1 fully saturated rings. The van der Waals surface area contributed by atoms with Gasteiger partial charge in [0.1, 0.15) is 5.78 Å². The minimum absolute atomic E-state index is 0.00333. The molecule has 1 N–H and O–H groups in total. The molecule has 0 aromatic carbocycles. The molecule has 0 aliphatic heterocycles. The van der Waals surface area contributed by atoms with Crippen LogP contribution in [0.5, 0.6) is 0 Å². The lowest BCUT2D eigenvalue weighted by molar-refractivity contribution is -0.130. The van der Waals surface area contributed by atoms with Crippen molar-refractivity contribution in [3.63, 3.8) is 0 Å². The minimum Gasteiger partial charge on any atom is -0.349 e. The van der Waals surface area contributed by atoms with Crippen LogP contribution in [0, 0.1) is 11.3 Å². The standard InChI is InChI=1S/C13H21NO3/c1-13(2,3)11(16)8-14-12(17)7-9-5-4-6-10(9)15/h9H,4-8H2,1-3H3,(H,14,17). The molecule has 0 heterocycles. The van der Waals surface area contributed by atoms with E-state index in [9.17, 15) is 14.4 Å². The Morgan fingerprint density at radius 1 is 1.35 bits per heavy atom. The third kappa shape index (κ3) is 4.29. The fourth-order valence-corrected chi connectivity index (χ4v) is 1.84. The molecule has 0 aromatic rings. The van der Waals surface area contributed by atoms with Crippen molar-refractivity contribution in [1.29, 1.82) is 0 Å². The van der Waals surface area contributed by atoms with Gasteiger partial charge in [-0.3, -0.25) is 14.4 Å². The summed E-state index contributed by atoms with van der Waals surface area (Å²) in [5.74, 6) is -0.131. The van der Waals surface area contributed by atoms with Gasteiger partial charge in [-0.25, -0.2) is 0 Å². The van der Waals surface area contributed by atoms with Crippen molar-refractivity contribution in [2.24, 2.45) is 11.3 Å². The van der Waals surface area contributed by atoms with E-state index in [2.05, 4.69) is 5.32 Å². The monoisotopic (exact) mass is 239 g/mol. The van der Waals surface area contributed by atoms with Crippen molar-refractivity contribution in [3.05, 3.63) is 0 Å². The molecule has 4 heteroatoms. The average molecular weight is 239 g/mol. The van der Waals surface area contributed by atoms with Gasteiger partial charge in [0.2, 0.25) is 5.91 Å². The molecule has 0 saturated heterocycles. The molecular formula is C13H21NO3. The van der Waals surface area contributed by atoms with Gasteiger partial charge in [0, 0.05) is 24.2 Å². The SMILES string of the molecule is CC(C)(C)C(=O)CNC(=O)CC1CCCC1=O. The molecule has 0 spiro atoms. The maximum atomic E-state index is 11.6. The Kier molecular flexibility index (Phi) is 4.43. The normalized spacial score (nSPS) is 20.4. The largest absolute Gasteiger partial charge is 0.349 e. The van der Waals surface area contributed by atoms with Crippen LogP contribution in [0.3, 0.4) is 0 Å². The molecule has 96 valence electrons. The summed E-state index contributed by atoms with van der Waals surface area (Å²) in [6.45, 7) is 5.52. The first-order chi connectivity index (χ1) is 7.80. The van der Waals surface area contributed by atoms with Crippen molar-refractivity contribution in [1.82, 2.24) is 5.32 Å². The molecule has 1 atom stereocenters. The van der Waals surface area contributed by atoms with Gasteiger partial charge in [0.05, 0.1) is 6.54 Å². The number of rotatable bonds is 4. The predicted octanol–water partition coefficient (Wildman–Crippen LogP) is 1.48. The van der Waals surface area contributed by atoms with E-state index in [1.165, 1.54) is 0 Å². The Morgan fingerprint density at radius 2 is 2.00 bits per heavy atom. The second kappa shape index (κ2) is 5.43. The Bertz CT molecular complexity index is 328. The summed E-state index contributed by atoms with van der Waals surface area (Å²) >= 11 is 0. The first kappa shape index (κ1) is 13.9. The summed E-state index contributed by atoms with van der Waals surface area (Å²) in [6, 6.07) is 0. The first-order valence-corrected chi connectivity index (χ1v) is 6.13. The molecule has 1 aliphatic carbocycles. The lowest BCUT2D eigenvalue weighted by Gasteiger charge is -2.17. The van der Waals surface area contributed by atoms with E-state index in [4.69, 9.17) is 0 Å². The van der Waals surface area contributed by atoms with Crippen LogP contribution < -0.4 is 5.32 Å². The van der Waals surface area contributed by atoms with E-state index >= 15 is 0 Å². The molecule has 1 rings (SSSR count). The number of hydrogen-bond donors (Lipinski definition) is 1. The molecule has 1 saturated carbocycles. The minimum atomic E-state index is -0.434. The van der Waals surface area contributed by atoms with Crippen molar-refractivity contribution in [2.75, 3.05) is 6.54 Å². The van der Waals surface area contributed by atoms with E-state index < -0.39 is 5.41 Å². The smallest absolute Gasteiger partial charge is 0.221 e. The third-order valence-corrected chi connectivity index (χ3v) is 3.15. The van der Waals surface area contributed by atoms with Crippen LogP contribution in [0.15, 0.2) is 0 Å². The second-order valence-corrected chi connectivity index (χ2v) is 5.71. The van der Waals surface area contributed by atoms with E-state index in [1.54, 1.807) is 0 Å². The zero-order chi connectivity index (χ0) is 13.1. The Hall–Kier alpha value is -1.19. The van der Waals surface area contributed by atoms with Crippen molar-refractivity contribution >= 4 is 17.5 Å². The van der Waals surface area contributed by atoms with Crippen LogP contribution in [0.2, 0.25) is 0 Å². The van der Waals surface area contributed by atoms with E-state index in [0.29, 0.717) is 6.42 Å².